The first-order valence-corrected chi connectivity index (χ1v) is 7.18. The van der Waals surface area contributed by atoms with Crippen molar-refractivity contribution in [3.05, 3.63) is 12.2 Å². The van der Waals surface area contributed by atoms with Crippen LogP contribution in [0.5, 0.6) is 0 Å². The predicted molar refractivity (Wildman–Crippen MR) is 70.2 cm³/mol. The van der Waals surface area contributed by atoms with Gasteiger partial charge in [0.25, 0.3) is 5.91 Å². The first kappa shape index (κ1) is 13.5. The summed E-state index contributed by atoms with van der Waals surface area (Å²) in [5.41, 5.74) is 0. The van der Waals surface area contributed by atoms with E-state index in [4.69, 9.17) is 9.47 Å². The van der Waals surface area contributed by atoms with Gasteiger partial charge in [-0.05, 0) is 25.2 Å². The summed E-state index contributed by atoms with van der Waals surface area (Å²) >= 11 is 0. The predicted octanol–water partition coefficient (Wildman–Crippen LogP) is 0.509. The van der Waals surface area contributed by atoms with Gasteiger partial charge in [0.05, 0.1) is 12.6 Å². The summed E-state index contributed by atoms with van der Waals surface area (Å²) in [7, 11) is 0. The molecule has 1 saturated carbocycles. The molecular formula is C13H20N4O3. The minimum Gasteiger partial charge on any atom is -0.379 e. The molecule has 2 atom stereocenters. The molecule has 110 valence electrons. The fourth-order valence-electron chi connectivity index (χ4n) is 2.51. The first-order chi connectivity index (χ1) is 9.83. The van der Waals surface area contributed by atoms with Gasteiger partial charge in [0, 0.05) is 13.2 Å². The van der Waals surface area contributed by atoms with Gasteiger partial charge < -0.3 is 14.8 Å². The van der Waals surface area contributed by atoms with Gasteiger partial charge in [-0.15, -0.1) is 0 Å². The molecule has 2 aliphatic rings. The summed E-state index contributed by atoms with van der Waals surface area (Å²) < 4.78 is 11.4. The van der Waals surface area contributed by atoms with Crippen molar-refractivity contribution >= 4 is 5.91 Å². The SMILES string of the molecule is O=C(N[C@@H]1CCOC[C@H]1OCC1CCC1)c1ncn[nH]1. The van der Waals surface area contributed by atoms with E-state index in [1.54, 1.807) is 0 Å². The number of nitrogens with zero attached hydrogens (tertiary/aromatic N) is 2. The molecule has 0 aromatic carbocycles. The second kappa shape index (κ2) is 6.32. The van der Waals surface area contributed by atoms with Crippen LogP contribution in [-0.2, 0) is 9.47 Å². The van der Waals surface area contributed by atoms with Crippen molar-refractivity contribution in [2.24, 2.45) is 5.92 Å². The van der Waals surface area contributed by atoms with Gasteiger partial charge in [-0.3, -0.25) is 9.89 Å². The van der Waals surface area contributed by atoms with Gasteiger partial charge in [-0.25, -0.2) is 4.98 Å². The zero-order chi connectivity index (χ0) is 13.8. The van der Waals surface area contributed by atoms with E-state index < -0.39 is 0 Å². The maximum absolute atomic E-state index is 12.0. The number of aromatic nitrogens is 3. The highest BCUT2D eigenvalue weighted by atomic mass is 16.5. The van der Waals surface area contributed by atoms with Gasteiger partial charge in [0.15, 0.2) is 0 Å². The van der Waals surface area contributed by atoms with Crippen LogP contribution < -0.4 is 5.32 Å². The van der Waals surface area contributed by atoms with E-state index >= 15 is 0 Å². The molecule has 0 spiro atoms. The lowest BCUT2D eigenvalue weighted by molar-refractivity contribution is -0.0819. The van der Waals surface area contributed by atoms with Gasteiger partial charge in [0.1, 0.15) is 12.4 Å². The number of nitrogens with one attached hydrogen (secondary N) is 2. The number of carbonyl (C=O) groups excluding carboxylic acids is 1. The van der Waals surface area contributed by atoms with Gasteiger partial charge in [-0.1, -0.05) is 6.42 Å². The zero-order valence-electron chi connectivity index (χ0n) is 11.4. The van der Waals surface area contributed by atoms with E-state index in [0.717, 1.165) is 13.0 Å². The molecule has 0 bridgehead atoms. The molecule has 1 amide bonds. The molecule has 20 heavy (non-hydrogen) atoms. The Morgan fingerprint density at radius 1 is 1.50 bits per heavy atom. The first-order valence-electron chi connectivity index (χ1n) is 7.18. The summed E-state index contributed by atoms with van der Waals surface area (Å²) in [6, 6.07) is -0.0265. The number of H-pyrrole nitrogens is 1. The maximum Gasteiger partial charge on any atom is 0.288 e. The molecule has 1 saturated heterocycles. The smallest absolute Gasteiger partial charge is 0.288 e. The van der Waals surface area contributed by atoms with Crippen molar-refractivity contribution in [2.45, 2.75) is 37.8 Å². The Morgan fingerprint density at radius 2 is 2.40 bits per heavy atom. The molecule has 0 radical (unpaired) electrons. The molecular weight excluding hydrogens is 260 g/mol. The summed E-state index contributed by atoms with van der Waals surface area (Å²) in [6.07, 6.45) is 5.82. The fourth-order valence-corrected chi connectivity index (χ4v) is 2.51. The zero-order valence-corrected chi connectivity index (χ0v) is 11.4. The maximum atomic E-state index is 12.0. The second-order valence-corrected chi connectivity index (χ2v) is 5.45. The lowest BCUT2D eigenvalue weighted by Gasteiger charge is -2.34. The van der Waals surface area contributed by atoms with E-state index in [0.29, 0.717) is 19.1 Å². The minimum atomic E-state index is -0.244. The van der Waals surface area contributed by atoms with Crippen molar-refractivity contribution in [1.82, 2.24) is 20.5 Å². The summed E-state index contributed by atoms with van der Waals surface area (Å²) in [6.45, 7) is 1.95. The normalized spacial score (nSPS) is 27.0. The quantitative estimate of drug-likeness (QED) is 0.820. The number of carbonyl (C=O) groups is 1. The number of aromatic amines is 1. The highest BCUT2D eigenvalue weighted by Crippen LogP contribution is 2.27. The lowest BCUT2D eigenvalue weighted by atomic mass is 9.86. The Bertz CT molecular complexity index is 433. The third-order valence-corrected chi connectivity index (χ3v) is 4.02. The van der Waals surface area contributed by atoms with Crippen LogP contribution in [0.3, 0.4) is 0 Å². The molecule has 2 heterocycles. The molecule has 7 heteroatoms. The van der Waals surface area contributed by atoms with Gasteiger partial charge in [-0.2, -0.15) is 5.10 Å². The summed E-state index contributed by atoms with van der Waals surface area (Å²) in [5, 5.41) is 9.20. The number of amides is 1. The van der Waals surface area contributed by atoms with Crippen LogP contribution in [0.2, 0.25) is 0 Å². The van der Waals surface area contributed by atoms with Crippen LogP contribution in [0.1, 0.15) is 36.3 Å². The fraction of sp³-hybridized carbons (Fsp3) is 0.769. The van der Waals surface area contributed by atoms with Crippen LogP contribution >= 0.6 is 0 Å². The lowest BCUT2D eigenvalue weighted by Crippen LogP contribution is -2.50. The van der Waals surface area contributed by atoms with Crippen LogP contribution in [-0.4, -0.2) is 53.1 Å². The molecule has 1 aromatic rings. The Balaban J connectivity index is 1.52. The van der Waals surface area contributed by atoms with E-state index in [1.807, 2.05) is 0 Å². The Kier molecular flexibility index (Phi) is 4.27. The van der Waals surface area contributed by atoms with Crippen LogP contribution in [0.15, 0.2) is 6.33 Å². The van der Waals surface area contributed by atoms with Crippen LogP contribution in [0, 0.1) is 5.92 Å². The number of hydrogen-bond donors (Lipinski definition) is 2. The van der Waals surface area contributed by atoms with E-state index in [-0.39, 0.29) is 23.9 Å². The average molecular weight is 280 g/mol. The van der Waals surface area contributed by atoms with Crippen molar-refractivity contribution in [3.8, 4) is 0 Å². The van der Waals surface area contributed by atoms with E-state index in [1.165, 1.54) is 25.6 Å². The minimum absolute atomic E-state index is 0.0265. The van der Waals surface area contributed by atoms with Crippen molar-refractivity contribution < 1.29 is 14.3 Å². The highest BCUT2D eigenvalue weighted by molar-refractivity contribution is 5.90. The second-order valence-electron chi connectivity index (χ2n) is 5.45. The number of hydrogen-bond acceptors (Lipinski definition) is 5. The molecule has 1 aromatic heterocycles. The monoisotopic (exact) mass is 280 g/mol. The molecule has 7 nitrogen and oxygen atoms in total. The molecule has 2 fully saturated rings. The summed E-state index contributed by atoms with van der Waals surface area (Å²) in [4.78, 5) is 15.8. The topological polar surface area (TPSA) is 89.1 Å². The molecule has 3 rings (SSSR count). The standard InChI is InChI=1S/C13H20N4O3/c18-13(12-14-8-15-17-12)16-10-4-5-19-7-11(10)20-6-9-2-1-3-9/h8-11H,1-7H2,(H,16,18)(H,14,15,17)/t10-,11-/m1/s1. The average Bonchev–Trinajstić information content (AvgIpc) is 2.93. The Hall–Kier alpha value is -1.47. The van der Waals surface area contributed by atoms with Crippen molar-refractivity contribution in [1.29, 1.82) is 0 Å². The van der Waals surface area contributed by atoms with E-state index in [9.17, 15) is 4.79 Å². The third kappa shape index (κ3) is 3.16. The molecule has 2 N–H and O–H groups in total. The molecule has 1 aliphatic heterocycles. The van der Waals surface area contributed by atoms with Gasteiger partial charge >= 0.3 is 0 Å². The number of rotatable bonds is 5. The van der Waals surface area contributed by atoms with Crippen molar-refractivity contribution in [2.75, 3.05) is 19.8 Å². The van der Waals surface area contributed by atoms with Crippen LogP contribution in [0.25, 0.3) is 0 Å². The number of ether oxygens (including phenoxy) is 2. The van der Waals surface area contributed by atoms with Crippen molar-refractivity contribution in [3.63, 3.8) is 0 Å². The third-order valence-electron chi connectivity index (χ3n) is 4.02. The molecule has 0 unspecified atom stereocenters. The highest BCUT2D eigenvalue weighted by Gasteiger charge is 2.30. The summed E-state index contributed by atoms with van der Waals surface area (Å²) in [5.74, 6) is 0.670. The Labute approximate surface area is 117 Å². The Morgan fingerprint density at radius 3 is 3.10 bits per heavy atom. The van der Waals surface area contributed by atoms with Crippen LogP contribution in [0.4, 0.5) is 0 Å². The largest absolute Gasteiger partial charge is 0.379 e. The van der Waals surface area contributed by atoms with Gasteiger partial charge in [0.2, 0.25) is 5.82 Å². The van der Waals surface area contributed by atoms with E-state index in [2.05, 4.69) is 20.5 Å². The molecule has 1 aliphatic carbocycles.